The maximum Gasteiger partial charge on any atom is 0.356 e. The van der Waals surface area contributed by atoms with E-state index >= 15 is 0 Å². The standard InChI is InChI=1S/C12H18N4O2/c1-9(8-16-4-2-3-5-16)15-11-7-13-10(6-14-11)12(17)18/h6-7,9H,2-5,8H2,1H3,(H,14,15)(H,17,18). The Balaban J connectivity index is 1.86. The molecule has 1 fully saturated rings. The first-order valence-corrected chi connectivity index (χ1v) is 6.19. The number of carbonyl (C=O) groups is 1. The second-order valence-corrected chi connectivity index (χ2v) is 4.65. The highest BCUT2D eigenvalue weighted by Crippen LogP contribution is 2.10. The summed E-state index contributed by atoms with van der Waals surface area (Å²) in [7, 11) is 0. The van der Waals surface area contributed by atoms with E-state index in [0.29, 0.717) is 5.82 Å². The van der Waals surface area contributed by atoms with Crippen molar-refractivity contribution >= 4 is 11.8 Å². The molecule has 2 N–H and O–H groups in total. The molecule has 1 aliphatic heterocycles. The van der Waals surface area contributed by atoms with Gasteiger partial charge >= 0.3 is 5.97 Å². The Morgan fingerprint density at radius 3 is 2.72 bits per heavy atom. The van der Waals surface area contributed by atoms with Gasteiger partial charge in [-0.15, -0.1) is 0 Å². The number of nitrogens with zero attached hydrogens (tertiary/aromatic N) is 3. The molecule has 0 bridgehead atoms. The van der Waals surface area contributed by atoms with Gasteiger partial charge in [0.2, 0.25) is 0 Å². The summed E-state index contributed by atoms with van der Waals surface area (Å²) in [5, 5.41) is 11.9. The van der Waals surface area contributed by atoms with Crippen molar-refractivity contribution in [1.82, 2.24) is 14.9 Å². The molecular weight excluding hydrogens is 232 g/mol. The van der Waals surface area contributed by atoms with Crippen molar-refractivity contribution in [2.24, 2.45) is 0 Å². The van der Waals surface area contributed by atoms with Crippen LogP contribution >= 0.6 is 0 Å². The van der Waals surface area contributed by atoms with Crippen LogP contribution in [-0.2, 0) is 0 Å². The van der Waals surface area contributed by atoms with Gasteiger partial charge in [-0.3, -0.25) is 0 Å². The molecule has 1 saturated heterocycles. The first-order chi connectivity index (χ1) is 8.65. The zero-order chi connectivity index (χ0) is 13.0. The van der Waals surface area contributed by atoms with Crippen molar-refractivity contribution in [3.8, 4) is 0 Å². The van der Waals surface area contributed by atoms with E-state index in [4.69, 9.17) is 5.11 Å². The van der Waals surface area contributed by atoms with E-state index < -0.39 is 5.97 Å². The zero-order valence-electron chi connectivity index (χ0n) is 10.5. The fourth-order valence-electron chi connectivity index (χ4n) is 2.16. The van der Waals surface area contributed by atoms with E-state index in [1.165, 1.54) is 25.2 Å². The summed E-state index contributed by atoms with van der Waals surface area (Å²) in [5.74, 6) is -0.439. The summed E-state index contributed by atoms with van der Waals surface area (Å²) in [6.45, 7) is 5.39. The van der Waals surface area contributed by atoms with Gasteiger partial charge in [0.05, 0.1) is 12.4 Å². The van der Waals surface area contributed by atoms with Crippen LogP contribution < -0.4 is 5.32 Å². The van der Waals surface area contributed by atoms with Crippen LogP contribution in [0.3, 0.4) is 0 Å². The molecule has 1 aromatic heterocycles. The van der Waals surface area contributed by atoms with Crippen molar-refractivity contribution < 1.29 is 9.90 Å². The molecule has 98 valence electrons. The molecule has 6 nitrogen and oxygen atoms in total. The smallest absolute Gasteiger partial charge is 0.356 e. The number of rotatable bonds is 5. The lowest BCUT2D eigenvalue weighted by atomic mass is 10.3. The number of hydrogen-bond donors (Lipinski definition) is 2. The summed E-state index contributed by atoms with van der Waals surface area (Å²) in [6, 6.07) is 0.271. The number of aromatic carboxylic acids is 1. The number of carboxylic acids is 1. The van der Waals surface area contributed by atoms with Crippen LogP contribution in [0.5, 0.6) is 0 Å². The summed E-state index contributed by atoms with van der Waals surface area (Å²) < 4.78 is 0. The van der Waals surface area contributed by atoms with Gasteiger partial charge in [-0.25, -0.2) is 14.8 Å². The van der Waals surface area contributed by atoms with Gasteiger partial charge in [-0.2, -0.15) is 0 Å². The average Bonchev–Trinajstić information content (AvgIpc) is 2.82. The van der Waals surface area contributed by atoms with Crippen LogP contribution in [0.2, 0.25) is 0 Å². The molecule has 2 rings (SSSR count). The van der Waals surface area contributed by atoms with Gasteiger partial charge in [0.25, 0.3) is 0 Å². The van der Waals surface area contributed by atoms with E-state index in [0.717, 1.165) is 19.6 Å². The van der Waals surface area contributed by atoms with E-state index in [9.17, 15) is 4.79 Å². The van der Waals surface area contributed by atoms with Crippen LogP contribution in [-0.4, -0.2) is 51.6 Å². The molecule has 1 aliphatic rings. The van der Waals surface area contributed by atoms with E-state index in [1.54, 1.807) is 0 Å². The summed E-state index contributed by atoms with van der Waals surface area (Å²) >= 11 is 0. The van der Waals surface area contributed by atoms with Crippen LogP contribution in [0.4, 0.5) is 5.82 Å². The molecule has 6 heteroatoms. The minimum Gasteiger partial charge on any atom is -0.476 e. The maximum atomic E-state index is 10.6. The Labute approximate surface area is 106 Å². The number of carboxylic acid groups (broad SMARTS) is 1. The SMILES string of the molecule is CC(CN1CCCC1)Nc1cnc(C(=O)O)cn1. The van der Waals surface area contributed by atoms with Gasteiger partial charge in [-0.05, 0) is 32.9 Å². The molecule has 2 heterocycles. The fourth-order valence-corrected chi connectivity index (χ4v) is 2.16. The van der Waals surface area contributed by atoms with Gasteiger partial charge < -0.3 is 15.3 Å². The van der Waals surface area contributed by atoms with Gasteiger partial charge in [0.15, 0.2) is 5.69 Å². The second-order valence-electron chi connectivity index (χ2n) is 4.65. The molecule has 0 aliphatic carbocycles. The molecule has 18 heavy (non-hydrogen) atoms. The summed E-state index contributed by atoms with van der Waals surface area (Å²) in [6.07, 6.45) is 5.29. The highest BCUT2D eigenvalue weighted by atomic mass is 16.4. The van der Waals surface area contributed by atoms with Crippen LogP contribution in [0.15, 0.2) is 12.4 Å². The van der Waals surface area contributed by atoms with E-state index in [-0.39, 0.29) is 11.7 Å². The summed E-state index contributed by atoms with van der Waals surface area (Å²) in [4.78, 5) is 20.9. The molecule has 0 saturated carbocycles. The normalized spacial score (nSPS) is 17.6. The number of aromatic nitrogens is 2. The van der Waals surface area contributed by atoms with Gasteiger partial charge in [0, 0.05) is 12.6 Å². The van der Waals surface area contributed by atoms with E-state index in [1.807, 2.05) is 0 Å². The third kappa shape index (κ3) is 3.40. The fraction of sp³-hybridized carbons (Fsp3) is 0.583. The van der Waals surface area contributed by atoms with Crippen LogP contribution in [0.1, 0.15) is 30.3 Å². The average molecular weight is 250 g/mol. The third-order valence-corrected chi connectivity index (χ3v) is 3.00. The minimum absolute atomic E-state index is 0.0345. The largest absolute Gasteiger partial charge is 0.476 e. The monoisotopic (exact) mass is 250 g/mol. The molecular formula is C12H18N4O2. The minimum atomic E-state index is -1.06. The number of likely N-dealkylation sites (tertiary alicyclic amines) is 1. The van der Waals surface area contributed by atoms with Crippen molar-refractivity contribution in [1.29, 1.82) is 0 Å². The lowest BCUT2D eigenvalue weighted by Crippen LogP contribution is -2.33. The molecule has 0 aromatic carbocycles. The Bertz CT molecular complexity index is 401. The molecule has 0 spiro atoms. The van der Waals surface area contributed by atoms with Gasteiger partial charge in [0.1, 0.15) is 5.82 Å². The predicted octanol–water partition coefficient (Wildman–Crippen LogP) is 1.07. The predicted molar refractivity (Wildman–Crippen MR) is 67.8 cm³/mol. The maximum absolute atomic E-state index is 10.6. The van der Waals surface area contributed by atoms with Crippen molar-refractivity contribution in [3.63, 3.8) is 0 Å². The Hall–Kier alpha value is -1.69. The summed E-state index contributed by atoms with van der Waals surface area (Å²) in [5.41, 5.74) is -0.0345. The number of anilines is 1. The Morgan fingerprint density at radius 2 is 2.17 bits per heavy atom. The van der Waals surface area contributed by atoms with Crippen molar-refractivity contribution in [2.75, 3.05) is 25.0 Å². The first-order valence-electron chi connectivity index (χ1n) is 6.19. The van der Waals surface area contributed by atoms with Crippen LogP contribution in [0.25, 0.3) is 0 Å². The van der Waals surface area contributed by atoms with Crippen molar-refractivity contribution in [3.05, 3.63) is 18.1 Å². The topological polar surface area (TPSA) is 78.4 Å². The molecule has 1 atom stereocenters. The third-order valence-electron chi connectivity index (χ3n) is 3.00. The quantitative estimate of drug-likeness (QED) is 0.814. The first kappa shape index (κ1) is 12.8. The Morgan fingerprint density at radius 1 is 1.44 bits per heavy atom. The van der Waals surface area contributed by atoms with E-state index in [2.05, 4.69) is 27.1 Å². The highest BCUT2D eigenvalue weighted by molar-refractivity contribution is 5.84. The number of hydrogen-bond acceptors (Lipinski definition) is 5. The molecule has 1 unspecified atom stereocenters. The number of nitrogens with one attached hydrogen (secondary N) is 1. The lowest BCUT2D eigenvalue weighted by Gasteiger charge is -2.21. The second kappa shape index (κ2) is 5.77. The molecule has 0 amide bonds. The van der Waals surface area contributed by atoms with Gasteiger partial charge in [-0.1, -0.05) is 0 Å². The molecule has 0 radical (unpaired) electrons. The lowest BCUT2D eigenvalue weighted by molar-refractivity contribution is 0.0690. The van der Waals surface area contributed by atoms with Crippen molar-refractivity contribution in [2.45, 2.75) is 25.8 Å². The molecule has 1 aromatic rings. The zero-order valence-corrected chi connectivity index (χ0v) is 10.5. The van der Waals surface area contributed by atoms with Crippen LogP contribution in [0, 0.1) is 0 Å². The Kier molecular flexibility index (Phi) is 4.09. The highest BCUT2D eigenvalue weighted by Gasteiger charge is 2.14.